The summed E-state index contributed by atoms with van der Waals surface area (Å²) in [5.41, 5.74) is 0.685. The number of hydrogen-bond donors (Lipinski definition) is 0. The molecular weight excluding hydrogens is 316 g/mol. The molecule has 0 radical (unpaired) electrons. The van der Waals surface area contributed by atoms with Gasteiger partial charge in [-0.25, -0.2) is 13.2 Å². The number of Topliss-reactive ketones (excluding diaryl/α,β-unsaturated/α-hetero) is 1. The van der Waals surface area contributed by atoms with E-state index in [0.717, 1.165) is 0 Å². The van der Waals surface area contributed by atoms with Gasteiger partial charge in [0.2, 0.25) is 0 Å². The van der Waals surface area contributed by atoms with Crippen molar-refractivity contribution < 1.29 is 22.7 Å². The number of rotatable bonds is 7. The maximum atomic E-state index is 11.8. The number of benzene rings is 1. The topological polar surface area (TPSA) is 77.5 Å². The van der Waals surface area contributed by atoms with Crippen LogP contribution in [0.5, 0.6) is 0 Å². The second-order valence-corrected chi connectivity index (χ2v) is 6.97. The van der Waals surface area contributed by atoms with Gasteiger partial charge in [-0.1, -0.05) is 18.7 Å². The van der Waals surface area contributed by atoms with Crippen LogP contribution in [-0.4, -0.2) is 26.8 Å². The average Bonchev–Trinajstić information content (AvgIpc) is 2.42. The van der Waals surface area contributed by atoms with Gasteiger partial charge < -0.3 is 4.74 Å². The highest BCUT2D eigenvalue weighted by Crippen LogP contribution is 2.16. The molecule has 114 valence electrons. The van der Waals surface area contributed by atoms with Crippen LogP contribution in [0.3, 0.4) is 0 Å². The number of ether oxygens (including phenoxy) is 1. The predicted octanol–water partition coefficient (Wildman–Crippen LogP) is 2.70. The summed E-state index contributed by atoms with van der Waals surface area (Å²) in [5.74, 6) is -0.654. The lowest BCUT2D eigenvalue weighted by atomic mass is 10.1. The van der Waals surface area contributed by atoms with Crippen molar-refractivity contribution in [2.24, 2.45) is 0 Å². The summed E-state index contributed by atoms with van der Waals surface area (Å²) >= 11 is 0. The summed E-state index contributed by atoms with van der Waals surface area (Å²) in [5, 5.41) is 0. The van der Waals surface area contributed by atoms with Crippen LogP contribution in [-0.2, 0) is 18.6 Å². The van der Waals surface area contributed by atoms with E-state index < -0.39 is 15.0 Å². The summed E-state index contributed by atoms with van der Waals surface area (Å²) < 4.78 is 27.0. The van der Waals surface area contributed by atoms with Crippen molar-refractivity contribution in [1.29, 1.82) is 0 Å². The molecule has 0 fully saturated rings. The maximum absolute atomic E-state index is 11.8. The number of esters is 1. The fourth-order valence-corrected chi connectivity index (χ4v) is 2.24. The first-order valence-electron chi connectivity index (χ1n) is 6.12. The Morgan fingerprint density at radius 1 is 1.24 bits per heavy atom. The molecule has 0 saturated carbocycles. The highest BCUT2D eigenvalue weighted by Gasteiger charge is 2.12. The zero-order valence-corrected chi connectivity index (χ0v) is 13.0. The van der Waals surface area contributed by atoms with Gasteiger partial charge in [0.15, 0.2) is 5.78 Å². The molecule has 0 aliphatic heterocycles. The largest absolute Gasteiger partial charge is 0.462 e. The molecule has 0 N–H and O–H groups in total. The van der Waals surface area contributed by atoms with Crippen LogP contribution in [0, 0.1) is 0 Å². The van der Waals surface area contributed by atoms with Crippen molar-refractivity contribution in [2.75, 3.05) is 6.61 Å². The van der Waals surface area contributed by atoms with E-state index in [1.54, 1.807) is 6.92 Å². The standard InChI is InChI=1S/C14H15ClO5S/c1-10(2)14(17)20-9-3-4-13(16)11-5-7-12(8-6-11)21(15,18)19/h5-8H,1,3-4,9H2,2H3. The third-order valence-electron chi connectivity index (χ3n) is 2.59. The monoisotopic (exact) mass is 330 g/mol. The zero-order valence-electron chi connectivity index (χ0n) is 11.5. The Bertz CT molecular complexity index is 646. The van der Waals surface area contributed by atoms with Crippen molar-refractivity contribution in [3.05, 3.63) is 42.0 Å². The summed E-state index contributed by atoms with van der Waals surface area (Å²) in [6.45, 7) is 5.12. The van der Waals surface area contributed by atoms with E-state index >= 15 is 0 Å². The average molecular weight is 331 g/mol. The number of carbonyl (C=O) groups excluding carboxylic acids is 2. The Balaban J connectivity index is 2.50. The number of ketones is 1. The van der Waals surface area contributed by atoms with Gasteiger partial charge in [-0.3, -0.25) is 4.79 Å². The fourth-order valence-electron chi connectivity index (χ4n) is 1.47. The molecule has 0 aliphatic carbocycles. The third-order valence-corrected chi connectivity index (χ3v) is 3.96. The molecule has 5 nitrogen and oxygen atoms in total. The minimum absolute atomic E-state index is 0.0592. The molecule has 1 aromatic carbocycles. The van der Waals surface area contributed by atoms with Gasteiger partial charge in [0.25, 0.3) is 9.05 Å². The van der Waals surface area contributed by atoms with E-state index in [2.05, 4.69) is 6.58 Å². The molecule has 0 unspecified atom stereocenters. The quantitative estimate of drug-likeness (QED) is 0.252. The Morgan fingerprint density at radius 2 is 1.81 bits per heavy atom. The molecule has 0 atom stereocenters. The third kappa shape index (κ3) is 5.69. The van der Waals surface area contributed by atoms with E-state index in [0.29, 0.717) is 17.6 Å². The number of halogens is 1. The van der Waals surface area contributed by atoms with Gasteiger partial charge in [0.1, 0.15) is 0 Å². The van der Waals surface area contributed by atoms with Crippen molar-refractivity contribution >= 4 is 31.5 Å². The number of hydrogen-bond acceptors (Lipinski definition) is 5. The minimum Gasteiger partial charge on any atom is -0.462 e. The predicted molar refractivity (Wildman–Crippen MR) is 78.8 cm³/mol. The molecule has 0 amide bonds. The van der Waals surface area contributed by atoms with E-state index in [4.69, 9.17) is 15.4 Å². The van der Waals surface area contributed by atoms with Gasteiger partial charge in [0, 0.05) is 28.2 Å². The molecule has 0 heterocycles. The van der Waals surface area contributed by atoms with Crippen LogP contribution < -0.4 is 0 Å². The first-order chi connectivity index (χ1) is 9.71. The highest BCUT2D eigenvalue weighted by atomic mass is 35.7. The molecule has 0 spiro atoms. The van der Waals surface area contributed by atoms with Crippen LogP contribution in [0.25, 0.3) is 0 Å². The van der Waals surface area contributed by atoms with Gasteiger partial charge >= 0.3 is 5.97 Å². The van der Waals surface area contributed by atoms with E-state index in [9.17, 15) is 18.0 Å². The van der Waals surface area contributed by atoms with E-state index in [1.165, 1.54) is 24.3 Å². The molecule has 1 rings (SSSR count). The van der Waals surface area contributed by atoms with Crippen molar-refractivity contribution in [3.8, 4) is 0 Å². The van der Waals surface area contributed by atoms with Gasteiger partial charge in [-0.15, -0.1) is 0 Å². The Kier molecular flexibility index (Phi) is 6.11. The minimum atomic E-state index is -3.79. The fraction of sp³-hybridized carbons (Fsp3) is 0.286. The molecule has 0 bridgehead atoms. The van der Waals surface area contributed by atoms with Crippen molar-refractivity contribution in [1.82, 2.24) is 0 Å². The molecule has 0 aliphatic rings. The summed E-state index contributed by atoms with van der Waals surface area (Å²) in [6, 6.07) is 5.35. The first-order valence-corrected chi connectivity index (χ1v) is 8.43. The van der Waals surface area contributed by atoms with Crippen LogP contribution in [0.1, 0.15) is 30.1 Å². The second-order valence-electron chi connectivity index (χ2n) is 4.41. The maximum Gasteiger partial charge on any atom is 0.333 e. The van der Waals surface area contributed by atoms with Crippen LogP contribution in [0.4, 0.5) is 0 Å². The molecule has 21 heavy (non-hydrogen) atoms. The SMILES string of the molecule is C=C(C)C(=O)OCCCC(=O)c1ccc(S(=O)(=O)Cl)cc1. The van der Waals surface area contributed by atoms with Gasteiger partial charge in [0.05, 0.1) is 11.5 Å². The first kappa shape index (κ1) is 17.4. The van der Waals surface area contributed by atoms with E-state index in [-0.39, 0.29) is 23.7 Å². The van der Waals surface area contributed by atoms with Gasteiger partial charge in [-0.2, -0.15) is 0 Å². The summed E-state index contributed by atoms with van der Waals surface area (Å²) in [6.07, 6.45) is 0.573. The molecule has 7 heteroatoms. The zero-order chi connectivity index (χ0) is 16.0. The van der Waals surface area contributed by atoms with E-state index in [1.807, 2.05) is 0 Å². The van der Waals surface area contributed by atoms with Crippen molar-refractivity contribution in [2.45, 2.75) is 24.7 Å². The molecule has 0 aromatic heterocycles. The molecular formula is C14H15ClO5S. The Morgan fingerprint density at radius 3 is 2.29 bits per heavy atom. The summed E-state index contributed by atoms with van der Waals surface area (Å²) in [4.78, 5) is 22.9. The molecule has 1 aromatic rings. The molecule has 0 saturated heterocycles. The smallest absolute Gasteiger partial charge is 0.333 e. The lowest BCUT2D eigenvalue weighted by Crippen LogP contribution is -2.08. The lowest BCUT2D eigenvalue weighted by molar-refractivity contribution is -0.139. The van der Waals surface area contributed by atoms with Crippen LogP contribution in [0.15, 0.2) is 41.3 Å². The normalized spacial score (nSPS) is 11.0. The number of carbonyl (C=O) groups is 2. The van der Waals surface area contributed by atoms with Crippen LogP contribution >= 0.6 is 10.7 Å². The highest BCUT2D eigenvalue weighted by molar-refractivity contribution is 8.13. The summed E-state index contributed by atoms with van der Waals surface area (Å²) in [7, 11) is 1.39. The second kappa shape index (κ2) is 7.38. The Labute approximate surface area is 128 Å². The van der Waals surface area contributed by atoms with Crippen molar-refractivity contribution in [3.63, 3.8) is 0 Å². The van der Waals surface area contributed by atoms with Gasteiger partial charge in [-0.05, 0) is 25.5 Å². The van der Waals surface area contributed by atoms with Crippen LogP contribution in [0.2, 0.25) is 0 Å². The lowest BCUT2D eigenvalue weighted by Gasteiger charge is -2.04. The Hall–Kier alpha value is -1.66.